The van der Waals surface area contributed by atoms with Gasteiger partial charge in [-0.15, -0.1) is 0 Å². The molecule has 1 aliphatic rings. The summed E-state index contributed by atoms with van der Waals surface area (Å²) in [7, 11) is 0. The Morgan fingerprint density at radius 1 is 1.05 bits per heavy atom. The lowest BCUT2D eigenvalue weighted by molar-refractivity contribution is 0.566. The van der Waals surface area contributed by atoms with Gasteiger partial charge >= 0.3 is 0 Å². The first-order chi connectivity index (χ1) is 8.99. The average molecular weight is 276 g/mol. The van der Waals surface area contributed by atoms with E-state index in [1.54, 1.807) is 0 Å². The fraction of sp³-hybridized carbons (Fsp3) is 0.333. The molecule has 0 amide bonds. The van der Waals surface area contributed by atoms with Crippen molar-refractivity contribution in [1.82, 2.24) is 0 Å². The average Bonchev–Trinajstić information content (AvgIpc) is 2.79. The molecule has 0 unspecified atom stereocenters. The number of aryl methyl sites for hydroxylation is 2. The zero-order valence-electron chi connectivity index (χ0n) is 10.8. The monoisotopic (exact) mass is 275 g/mol. The molecule has 1 aromatic carbocycles. The number of rotatable bonds is 1. The van der Waals surface area contributed by atoms with Gasteiger partial charge in [-0.1, -0.05) is 11.6 Å². The van der Waals surface area contributed by atoms with Crippen LogP contribution in [-0.4, -0.2) is 0 Å². The second-order valence-corrected chi connectivity index (χ2v) is 5.92. The molecule has 4 heteroatoms. The highest BCUT2D eigenvalue weighted by Crippen LogP contribution is 2.51. The standard InChI is InChI=1S/C15H14ClNO2/c1-7-5-9-11(15(17)3-4-15)13-10(6-8(2)18-13)12(16)14(9)19-7/h5-6H,3-4,17H2,1-2H3. The topological polar surface area (TPSA) is 52.3 Å². The largest absolute Gasteiger partial charge is 0.461 e. The van der Waals surface area contributed by atoms with E-state index in [1.165, 1.54) is 0 Å². The summed E-state index contributed by atoms with van der Waals surface area (Å²) in [5.74, 6) is 1.68. The Morgan fingerprint density at radius 3 is 2.26 bits per heavy atom. The Bertz CT molecular complexity index is 766. The number of furan rings is 2. The Kier molecular flexibility index (Phi) is 2.01. The first-order valence-electron chi connectivity index (χ1n) is 6.41. The maximum atomic E-state index is 6.45. The number of hydrogen-bond acceptors (Lipinski definition) is 3. The van der Waals surface area contributed by atoms with Crippen LogP contribution >= 0.6 is 11.6 Å². The molecule has 1 saturated carbocycles. The molecule has 2 aromatic heterocycles. The van der Waals surface area contributed by atoms with E-state index >= 15 is 0 Å². The molecule has 3 aromatic rings. The highest BCUT2D eigenvalue weighted by molar-refractivity contribution is 6.40. The molecule has 1 aliphatic carbocycles. The fourth-order valence-corrected chi connectivity index (χ4v) is 3.13. The van der Waals surface area contributed by atoms with E-state index in [2.05, 4.69) is 0 Å². The van der Waals surface area contributed by atoms with Gasteiger partial charge in [0, 0.05) is 21.9 Å². The van der Waals surface area contributed by atoms with Gasteiger partial charge in [-0.05, 0) is 38.8 Å². The number of benzene rings is 1. The summed E-state index contributed by atoms with van der Waals surface area (Å²) in [6, 6.07) is 3.95. The van der Waals surface area contributed by atoms with Crippen molar-refractivity contribution in [2.45, 2.75) is 32.2 Å². The SMILES string of the molecule is Cc1cc2c(C3(N)CC3)c3oc(C)cc3c(Cl)c2o1. The first kappa shape index (κ1) is 11.4. The van der Waals surface area contributed by atoms with Crippen LogP contribution in [0.15, 0.2) is 21.0 Å². The molecule has 4 rings (SSSR count). The maximum Gasteiger partial charge on any atom is 0.154 e. The number of halogens is 1. The van der Waals surface area contributed by atoms with Crippen molar-refractivity contribution in [2.24, 2.45) is 5.73 Å². The van der Waals surface area contributed by atoms with E-state index in [0.29, 0.717) is 5.02 Å². The minimum atomic E-state index is -0.290. The summed E-state index contributed by atoms with van der Waals surface area (Å²) in [4.78, 5) is 0. The molecule has 0 saturated heterocycles. The van der Waals surface area contributed by atoms with Crippen molar-refractivity contribution in [3.05, 3.63) is 34.2 Å². The quantitative estimate of drug-likeness (QED) is 0.716. The Morgan fingerprint density at radius 2 is 1.63 bits per heavy atom. The maximum absolute atomic E-state index is 6.45. The van der Waals surface area contributed by atoms with Gasteiger partial charge in [-0.2, -0.15) is 0 Å². The summed E-state index contributed by atoms with van der Waals surface area (Å²) in [6.07, 6.45) is 1.95. The zero-order chi connectivity index (χ0) is 13.4. The lowest BCUT2D eigenvalue weighted by atomic mass is 9.98. The van der Waals surface area contributed by atoms with Crippen LogP contribution in [0, 0.1) is 13.8 Å². The van der Waals surface area contributed by atoms with E-state index < -0.39 is 0 Å². The second-order valence-electron chi connectivity index (χ2n) is 5.54. The molecule has 3 nitrogen and oxygen atoms in total. The van der Waals surface area contributed by atoms with Gasteiger partial charge in [0.25, 0.3) is 0 Å². The van der Waals surface area contributed by atoms with Crippen LogP contribution in [0.3, 0.4) is 0 Å². The normalized spacial score (nSPS) is 17.5. The summed E-state index contributed by atoms with van der Waals surface area (Å²) in [6.45, 7) is 3.84. The predicted molar refractivity (Wildman–Crippen MR) is 75.6 cm³/mol. The second kappa shape index (κ2) is 3.35. The van der Waals surface area contributed by atoms with E-state index in [9.17, 15) is 0 Å². The highest BCUT2D eigenvalue weighted by atomic mass is 35.5. The van der Waals surface area contributed by atoms with E-state index in [1.807, 2.05) is 26.0 Å². The molecule has 2 heterocycles. The molecule has 0 spiro atoms. The van der Waals surface area contributed by atoms with E-state index in [0.717, 1.165) is 51.9 Å². The molecule has 0 atom stereocenters. The molecular formula is C15H14ClNO2. The van der Waals surface area contributed by atoms with Crippen LogP contribution in [0.4, 0.5) is 0 Å². The van der Waals surface area contributed by atoms with Crippen LogP contribution in [-0.2, 0) is 5.54 Å². The molecule has 1 fully saturated rings. The molecule has 0 radical (unpaired) electrons. The van der Waals surface area contributed by atoms with Gasteiger partial charge in [0.05, 0.1) is 5.02 Å². The van der Waals surface area contributed by atoms with Crippen LogP contribution in [0.25, 0.3) is 21.9 Å². The third kappa shape index (κ3) is 1.43. The van der Waals surface area contributed by atoms with Gasteiger partial charge in [0.1, 0.15) is 17.1 Å². The summed E-state index contributed by atoms with van der Waals surface area (Å²) < 4.78 is 11.6. The smallest absolute Gasteiger partial charge is 0.154 e. The van der Waals surface area contributed by atoms with Gasteiger partial charge in [-0.3, -0.25) is 0 Å². The predicted octanol–water partition coefficient (Wildman–Crippen LogP) is 4.40. The minimum Gasteiger partial charge on any atom is -0.461 e. The van der Waals surface area contributed by atoms with Gasteiger partial charge in [0.15, 0.2) is 5.58 Å². The Labute approximate surface area is 115 Å². The third-order valence-corrected chi connectivity index (χ3v) is 4.30. The summed E-state index contributed by atoms with van der Waals surface area (Å²) in [5, 5.41) is 2.50. The highest BCUT2D eigenvalue weighted by Gasteiger charge is 2.44. The molecule has 2 N–H and O–H groups in total. The van der Waals surface area contributed by atoms with E-state index in [-0.39, 0.29) is 5.54 Å². The summed E-state index contributed by atoms with van der Waals surface area (Å²) >= 11 is 6.45. The first-order valence-corrected chi connectivity index (χ1v) is 6.78. The van der Waals surface area contributed by atoms with Crippen LogP contribution in [0.5, 0.6) is 0 Å². The van der Waals surface area contributed by atoms with Crippen molar-refractivity contribution in [3.8, 4) is 0 Å². The van der Waals surface area contributed by atoms with Gasteiger partial charge in [0.2, 0.25) is 0 Å². The van der Waals surface area contributed by atoms with Crippen LogP contribution < -0.4 is 5.73 Å². The fourth-order valence-electron chi connectivity index (χ4n) is 2.85. The van der Waals surface area contributed by atoms with Crippen LogP contribution in [0.2, 0.25) is 5.02 Å². The van der Waals surface area contributed by atoms with Crippen molar-refractivity contribution in [1.29, 1.82) is 0 Å². The molecule has 98 valence electrons. The third-order valence-electron chi connectivity index (χ3n) is 3.93. The van der Waals surface area contributed by atoms with Crippen molar-refractivity contribution < 1.29 is 8.83 Å². The molecule has 0 bridgehead atoms. The molecule has 19 heavy (non-hydrogen) atoms. The van der Waals surface area contributed by atoms with Gasteiger partial charge in [-0.25, -0.2) is 0 Å². The van der Waals surface area contributed by atoms with E-state index in [4.69, 9.17) is 26.2 Å². The van der Waals surface area contributed by atoms with Crippen molar-refractivity contribution >= 4 is 33.5 Å². The molecular weight excluding hydrogens is 262 g/mol. The lowest BCUT2D eigenvalue weighted by Gasteiger charge is -2.12. The minimum absolute atomic E-state index is 0.290. The number of fused-ring (bicyclic) bond motifs is 2. The lowest BCUT2D eigenvalue weighted by Crippen LogP contribution is -2.19. The van der Waals surface area contributed by atoms with Gasteiger partial charge < -0.3 is 14.6 Å². The number of nitrogens with two attached hydrogens (primary N) is 1. The summed E-state index contributed by atoms with van der Waals surface area (Å²) in [5.41, 5.74) is 8.72. The Hall–Kier alpha value is -1.45. The zero-order valence-corrected chi connectivity index (χ0v) is 11.6. The van der Waals surface area contributed by atoms with Crippen molar-refractivity contribution in [2.75, 3.05) is 0 Å². The molecule has 0 aliphatic heterocycles. The number of hydrogen-bond donors (Lipinski definition) is 1. The van der Waals surface area contributed by atoms with Crippen molar-refractivity contribution in [3.63, 3.8) is 0 Å². The van der Waals surface area contributed by atoms with Crippen LogP contribution in [0.1, 0.15) is 29.9 Å². The Balaban J connectivity index is 2.27.